The molecule has 0 heterocycles. The van der Waals surface area contributed by atoms with Crippen LogP contribution in [0.5, 0.6) is 0 Å². The number of unbranched alkanes of at least 4 members (excludes halogenated alkanes) is 13. The summed E-state index contributed by atoms with van der Waals surface area (Å²) in [4.78, 5) is -38.8. The molecule has 0 bridgehead atoms. The summed E-state index contributed by atoms with van der Waals surface area (Å²) in [6, 6.07) is 20.8. The fourth-order valence-electron chi connectivity index (χ4n) is 9.11. The van der Waals surface area contributed by atoms with E-state index < -0.39 is 157 Å². The molecule has 2 rings (SSSR count). The molecule has 2 aromatic carbocycles. The summed E-state index contributed by atoms with van der Waals surface area (Å²) in [5.74, 6) is -63.9. The van der Waals surface area contributed by atoms with E-state index in [1.165, 1.54) is 71.2 Å². The Morgan fingerprint density at radius 3 is 0.691 bits per heavy atom. The van der Waals surface area contributed by atoms with Crippen LogP contribution in [0.2, 0.25) is 0 Å². The monoisotopic (exact) mass is 1240 g/mol. The molecule has 2 aromatic rings. The summed E-state index contributed by atoms with van der Waals surface area (Å²) >= 11 is -13.7. The Morgan fingerprint density at radius 1 is 0.272 bits per heavy atom. The van der Waals surface area contributed by atoms with Crippen LogP contribution in [0.4, 0.5) is 105 Å². The fourth-order valence-corrected chi connectivity index (χ4v) is 14.9. The molecule has 0 unspecified atom stereocenters. The van der Waals surface area contributed by atoms with Crippen molar-refractivity contribution in [3.63, 3.8) is 0 Å². The summed E-state index contributed by atoms with van der Waals surface area (Å²) < 4.78 is 380. The Bertz CT molecular complexity index is 1760. The number of quaternary nitrogens is 1. The van der Waals surface area contributed by atoms with Crippen LogP contribution >= 0.6 is 0 Å². The average Bonchev–Trinajstić information content (AvgIpc) is 3.00. The zero-order chi connectivity index (χ0) is 63.1. The van der Waals surface area contributed by atoms with Gasteiger partial charge in [0.05, 0.1) is 13.1 Å². The van der Waals surface area contributed by atoms with Gasteiger partial charge in [-0.05, 0) is 49.7 Å². The molecule has 0 saturated heterocycles. The van der Waals surface area contributed by atoms with E-state index in [0.717, 1.165) is 0 Å². The zero-order valence-electron chi connectivity index (χ0n) is 46.7. The molecule has 81 heavy (non-hydrogen) atoms. The lowest BCUT2D eigenvalue weighted by Crippen LogP contribution is -2.96. The first-order valence-corrected chi connectivity index (χ1v) is 30.0. The summed E-state index contributed by atoms with van der Waals surface area (Å²) in [7, 11) is 0. The molecule has 0 aromatic heterocycles. The quantitative estimate of drug-likeness (QED) is 0.0392. The lowest BCUT2D eigenvalue weighted by molar-refractivity contribution is -0.655. The van der Waals surface area contributed by atoms with Crippen molar-refractivity contribution in [2.24, 2.45) is 0 Å². The minimum Gasteiger partial charge on any atom is -0.346 e. The highest BCUT2D eigenvalue weighted by atomic mass is 27.3. The molecular weight excluding hydrogens is 1160 g/mol. The molecule has 0 aliphatic rings. The van der Waals surface area contributed by atoms with Crippen LogP contribution in [0, 0.1) is 0 Å². The van der Waals surface area contributed by atoms with Gasteiger partial charge >= 0.3 is 60.5 Å². The number of halogens is 24. The summed E-state index contributed by atoms with van der Waals surface area (Å²) in [5, 5.41) is 2.39. The number of hydrogen-bond donors (Lipinski definition) is 1. The van der Waals surface area contributed by atoms with E-state index in [2.05, 4.69) is 67.7 Å². The fraction of sp³-hybridized carbons (Fsp3) is 0.782. The van der Waals surface area contributed by atoms with Crippen molar-refractivity contribution in [2.75, 3.05) is 13.1 Å². The van der Waals surface area contributed by atoms with Crippen LogP contribution in [0.3, 0.4) is 0 Å². The minimum absolute atomic E-state index is 0.0363. The number of alkyl halides is 24. The van der Waals surface area contributed by atoms with E-state index in [4.69, 9.17) is 0 Å². The third-order valence-electron chi connectivity index (χ3n) is 14.2. The van der Waals surface area contributed by atoms with Crippen LogP contribution < -0.4 is 5.32 Å². The summed E-state index contributed by atoms with van der Waals surface area (Å²) in [5.41, 5.74) is 2.55. The normalized spacial score (nSPS) is 14.1. The second-order valence-corrected chi connectivity index (χ2v) is 25.3. The Hall–Kier alpha value is -2.75. The molecule has 0 atom stereocenters. The van der Waals surface area contributed by atoms with Gasteiger partial charge in [-0.15, -0.1) is 0 Å². The van der Waals surface area contributed by atoms with Crippen LogP contribution in [-0.2, 0) is 0 Å². The van der Waals surface area contributed by atoms with Crippen molar-refractivity contribution in [1.82, 2.24) is 0 Å². The van der Waals surface area contributed by atoms with Crippen LogP contribution in [0.15, 0.2) is 60.7 Å². The van der Waals surface area contributed by atoms with Crippen molar-refractivity contribution in [2.45, 2.75) is 256 Å². The van der Waals surface area contributed by atoms with Gasteiger partial charge in [0.25, 0.3) is 0 Å². The molecule has 26 heteroatoms. The first kappa shape index (κ1) is 78.3. The van der Waals surface area contributed by atoms with Crippen molar-refractivity contribution in [1.29, 1.82) is 0 Å². The van der Waals surface area contributed by atoms with E-state index in [9.17, 15) is 0 Å². The Kier molecular flexibility index (Phi) is 31.6. The van der Waals surface area contributed by atoms with Gasteiger partial charge in [-0.1, -0.05) is 186 Å². The Balaban J connectivity index is 0.00000263. The van der Waals surface area contributed by atoms with E-state index in [1.54, 1.807) is 0 Å². The van der Waals surface area contributed by atoms with Crippen molar-refractivity contribution < 1.29 is 111 Å². The molecular formula is C55H80AlF24N. The van der Waals surface area contributed by atoms with E-state index >= 15 is 105 Å². The standard InChI is InChI=1S/C12H10.4C9H13F6.C7H17N.Al/c1-3-7-11(8-4-1)12-9-5-2-6-10-12;4*1-2-3-4-5-6-8(12,13)9(14,15)7(10)11;1-3-5-7-8-6-4-2;/h1-10H;4*2-6H2,1H3;8H,3-7H2,1-2H3;/q;;;;;;-1/p+1. The highest BCUT2D eigenvalue weighted by molar-refractivity contribution is 6.89. The third-order valence-corrected chi connectivity index (χ3v) is 20.0. The second-order valence-electron chi connectivity index (χ2n) is 20.7. The minimum atomic E-state index is -13.7. The van der Waals surface area contributed by atoms with Gasteiger partial charge in [0.15, 0.2) is 19.1 Å². The van der Waals surface area contributed by atoms with Crippen molar-refractivity contribution >= 4 is 13.1 Å². The van der Waals surface area contributed by atoms with Crippen LogP contribution in [-0.4, -0.2) is 92.7 Å². The van der Waals surface area contributed by atoms with Crippen molar-refractivity contribution in [3.05, 3.63) is 60.7 Å². The lowest BCUT2D eigenvalue weighted by atomic mass is 10.0. The van der Waals surface area contributed by atoms with Gasteiger partial charge < -0.3 is 5.32 Å². The average molecular weight is 1240 g/mol. The number of nitrogens with two attached hydrogens (primary N) is 1. The molecule has 0 radical (unpaired) electrons. The second kappa shape index (κ2) is 32.7. The highest BCUT2D eigenvalue weighted by Crippen LogP contribution is 2.73. The SMILES string of the molecule is CCCCCCC(F)(F)C(F)(F)[C](F)(F)[Al-]([C](F)(F)C(F)(F)C(F)(F)CCCCCC)([C](F)(F)C(F)(F)C(F)(F)CCCCCC)[C](F)(F)C(F)(F)C(F)(F)CCCCCC.CCCC[NH2+]CCC.c1ccc(-c2ccccc2)cc1. The largest absolute Gasteiger partial charge is 0.540 e. The molecule has 476 valence electrons. The molecule has 1 nitrogen and oxygen atoms in total. The van der Waals surface area contributed by atoms with Gasteiger partial charge in [0, 0.05) is 25.7 Å². The topological polar surface area (TPSA) is 16.6 Å². The van der Waals surface area contributed by atoms with Gasteiger partial charge in [-0.25, -0.2) is 0 Å². The molecule has 0 aliphatic carbocycles. The molecule has 0 fully saturated rings. The maximum absolute atomic E-state index is 16.6. The number of rotatable bonds is 38. The highest BCUT2D eigenvalue weighted by Gasteiger charge is 3.07. The maximum atomic E-state index is 16.6. The molecule has 2 N–H and O–H groups in total. The smallest absolute Gasteiger partial charge is 0.346 e. The van der Waals surface area contributed by atoms with Crippen LogP contribution in [0.25, 0.3) is 11.1 Å². The Morgan fingerprint density at radius 2 is 0.494 bits per heavy atom. The number of benzene rings is 2. The van der Waals surface area contributed by atoms with Crippen molar-refractivity contribution in [3.8, 4) is 11.1 Å². The van der Waals surface area contributed by atoms with E-state index in [0.29, 0.717) is 0 Å². The van der Waals surface area contributed by atoms with E-state index in [-0.39, 0.29) is 51.4 Å². The maximum Gasteiger partial charge on any atom is 0.540 e. The first-order chi connectivity index (χ1) is 37.1. The molecule has 0 aliphatic heterocycles. The predicted molar refractivity (Wildman–Crippen MR) is 269 cm³/mol. The Labute approximate surface area is 463 Å². The molecule has 0 amide bonds. The molecule has 0 spiro atoms. The third kappa shape index (κ3) is 17.5. The lowest BCUT2D eigenvalue weighted by Gasteiger charge is -2.61. The molecule has 0 saturated carbocycles. The van der Waals surface area contributed by atoms with Gasteiger partial charge in [-0.3, -0.25) is 35.1 Å². The van der Waals surface area contributed by atoms with E-state index in [1.807, 2.05) is 12.1 Å². The van der Waals surface area contributed by atoms with Gasteiger partial charge in [-0.2, -0.15) is 70.2 Å². The first-order valence-electron chi connectivity index (χ1n) is 27.7. The summed E-state index contributed by atoms with van der Waals surface area (Å²) in [6.45, 7) is 12.2. The number of hydrogen-bond acceptors (Lipinski definition) is 0. The van der Waals surface area contributed by atoms with Gasteiger partial charge in [0.2, 0.25) is 0 Å². The predicted octanol–water partition coefficient (Wildman–Crippen LogP) is 21.2. The zero-order valence-corrected chi connectivity index (χ0v) is 47.8. The van der Waals surface area contributed by atoms with Crippen LogP contribution in [0.1, 0.15) is 189 Å². The summed E-state index contributed by atoms with van der Waals surface area (Å²) in [6.07, 6.45) is -18.9. The van der Waals surface area contributed by atoms with Gasteiger partial charge in [0.1, 0.15) is 0 Å².